The number of rotatable bonds is 4. The maximum atomic E-state index is 13.7. The van der Waals surface area contributed by atoms with Gasteiger partial charge in [-0.25, -0.2) is 0 Å². The summed E-state index contributed by atoms with van der Waals surface area (Å²) in [5, 5.41) is 14.8. The molecule has 169 valence electrons. The number of fused-ring (bicyclic) bond motifs is 1. The minimum atomic E-state index is -4.46. The molecule has 3 heterocycles. The molecule has 0 saturated carbocycles. The summed E-state index contributed by atoms with van der Waals surface area (Å²) in [4.78, 5) is 4.70. The second-order valence-electron chi connectivity index (χ2n) is 7.98. The number of aromatic amines is 1. The zero-order valence-corrected chi connectivity index (χ0v) is 19.1. The smallest absolute Gasteiger partial charge is 0.338 e. The summed E-state index contributed by atoms with van der Waals surface area (Å²) in [6.45, 7) is 1.73. The molecule has 5 rings (SSSR count). The van der Waals surface area contributed by atoms with Crippen molar-refractivity contribution in [1.29, 1.82) is 0 Å². The van der Waals surface area contributed by atoms with Gasteiger partial charge in [0.1, 0.15) is 0 Å². The van der Waals surface area contributed by atoms with Crippen LogP contribution in [0.4, 0.5) is 24.7 Å². The number of alkyl halides is 3. The molecule has 1 radical (unpaired) electrons. The van der Waals surface area contributed by atoms with Crippen LogP contribution in [-0.2, 0) is 24.7 Å². The number of hydrogen-bond acceptors (Lipinski definition) is 4. The van der Waals surface area contributed by atoms with E-state index in [1.54, 1.807) is 12.1 Å². The van der Waals surface area contributed by atoms with Crippen molar-refractivity contribution < 1.29 is 31.7 Å². The van der Waals surface area contributed by atoms with E-state index in [4.69, 9.17) is 4.98 Å². The summed E-state index contributed by atoms with van der Waals surface area (Å²) in [6, 6.07) is 16.9. The predicted molar refractivity (Wildman–Crippen MR) is 119 cm³/mol. The number of piperidine rings is 1. The summed E-state index contributed by atoms with van der Waals surface area (Å²) < 4.78 is 41.1. The third kappa shape index (κ3) is 4.93. The fourth-order valence-corrected chi connectivity index (χ4v) is 4.24. The van der Waals surface area contributed by atoms with E-state index >= 15 is 0 Å². The van der Waals surface area contributed by atoms with Gasteiger partial charge in [0, 0.05) is 46.8 Å². The quantitative estimate of drug-likeness (QED) is 0.337. The van der Waals surface area contributed by atoms with Gasteiger partial charge in [-0.1, -0.05) is 30.3 Å². The van der Waals surface area contributed by atoms with Crippen molar-refractivity contribution in [3.05, 3.63) is 71.9 Å². The molecule has 0 atom stereocenters. The number of aromatic nitrogens is 3. The molecule has 33 heavy (non-hydrogen) atoms. The Morgan fingerprint density at radius 2 is 1.67 bits per heavy atom. The van der Waals surface area contributed by atoms with Gasteiger partial charge in [-0.15, -0.1) is 0 Å². The SMILES string of the molecule is FC(F)(F)c1ccccc1-c1cc(Nc2n[nH]c3ccccc23)cc(C2CCNCC2)n1.[V]. The summed E-state index contributed by atoms with van der Waals surface area (Å²) in [6.07, 6.45) is -2.68. The third-order valence-corrected chi connectivity index (χ3v) is 5.84. The van der Waals surface area contributed by atoms with Gasteiger partial charge < -0.3 is 10.6 Å². The normalized spacial score (nSPS) is 14.8. The van der Waals surface area contributed by atoms with Crippen LogP contribution in [0.25, 0.3) is 22.2 Å². The van der Waals surface area contributed by atoms with E-state index in [9.17, 15) is 13.2 Å². The van der Waals surface area contributed by atoms with Crippen molar-refractivity contribution >= 4 is 22.4 Å². The van der Waals surface area contributed by atoms with Crippen molar-refractivity contribution in [2.45, 2.75) is 24.9 Å². The van der Waals surface area contributed by atoms with Crippen LogP contribution in [0.3, 0.4) is 0 Å². The Morgan fingerprint density at radius 3 is 2.45 bits per heavy atom. The number of anilines is 2. The van der Waals surface area contributed by atoms with Crippen LogP contribution >= 0.6 is 0 Å². The monoisotopic (exact) mass is 488 g/mol. The van der Waals surface area contributed by atoms with Gasteiger partial charge in [-0.3, -0.25) is 10.1 Å². The average Bonchev–Trinajstić information content (AvgIpc) is 3.22. The number of para-hydroxylation sites is 1. The molecule has 0 spiro atoms. The fraction of sp³-hybridized carbons (Fsp3) is 0.250. The molecule has 1 aliphatic rings. The first-order valence-corrected chi connectivity index (χ1v) is 10.6. The molecule has 2 aromatic carbocycles. The van der Waals surface area contributed by atoms with Gasteiger partial charge >= 0.3 is 6.18 Å². The Labute approximate surface area is 201 Å². The van der Waals surface area contributed by atoms with E-state index < -0.39 is 11.7 Å². The van der Waals surface area contributed by atoms with Crippen molar-refractivity contribution in [1.82, 2.24) is 20.5 Å². The van der Waals surface area contributed by atoms with Crippen LogP contribution in [0, 0.1) is 0 Å². The molecule has 0 bridgehead atoms. The number of hydrogen-bond donors (Lipinski definition) is 3. The van der Waals surface area contributed by atoms with Crippen molar-refractivity contribution in [2.24, 2.45) is 0 Å². The molecular formula is C24H22F3N5V. The van der Waals surface area contributed by atoms with Gasteiger partial charge in [0.05, 0.1) is 16.8 Å². The number of pyridine rings is 1. The Hall–Kier alpha value is -2.81. The number of H-pyrrole nitrogens is 1. The number of halogens is 3. The van der Waals surface area contributed by atoms with E-state index in [1.165, 1.54) is 12.1 Å². The summed E-state index contributed by atoms with van der Waals surface area (Å²) in [7, 11) is 0. The van der Waals surface area contributed by atoms with Crippen LogP contribution < -0.4 is 10.6 Å². The molecule has 4 aromatic rings. The zero-order valence-electron chi connectivity index (χ0n) is 17.7. The molecule has 3 N–H and O–H groups in total. The minimum absolute atomic E-state index is 0. The summed E-state index contributed by atoms with van der Waals surface area (Å²) in [5.74, 6) is 0.809. The van der Waals surface area contributed by atoms with Crippen molar-refractivity contribution in [3.8, 4) is 11.3 Å². The number of nitrogens with one attached hydrogen (secondary N) is 3. The van der Waals surface area contributed by atoms with E-state index in [0.29, 0.717) is 17.2 Å². The second kappa shape index (κ2) is 9.59. The first-order valence-electron chi connectivity index (χ1n) is 10.6. The Kier molecular flexibility index (Phi) is 6.79. The van der Waals surface area contributed by atoms with E-state index in [1.807, 2.05) is 30.3 Å². The summed E-state index contributed by atoms with van der Waals surface area (Å²) in [5.41, 5.74) is 2.03. The molecule has 0 unspecified atom stereocenters. The first-order chi connectivity index (χ1) is 15.5. The maximum absolute atomic E-state index is 13.7. The van der Waals surface area contributed by atoms with Gasteiger partial charge in [0.2, 0.25) is 0 Å². The van der Waals surface area contributed by atoms with Crippen LogP contribution in [0.2, 0.25) is 0 Å². The number of benzene rings is 2. The van der Waals surface area contributed by atoms with Crippen LogP contribution in [0.5, 0.6) is 0 Å². The van der Waals surface area contributed by atoms with Crippen molar-refractivity contribution in [3.63, 3.8) is 0 Å². The van der Waals surface area contributed by atoms with Crippen LogP contribution in [0.1, 0.15) is 30.0 Å². The molecule has 1 fully saturated rings. The molecule has 1 aliphatic heterocycles. The summed E-state index contributed by atoms with van der Waals surface area (Å²) >= 11 is 0. The number of nitrogens with zero attached hydrogens (tertiary/aromatic N) is 2. The van der Waals surface area contributed by atoms with Gasteiger partial charge in [0.25, 0.3) is 0 Å². The van der Waals surface area contributed by atoms with Gasteiger partial charge in [0.15, 0.2) is 5.82 Å². The largest absolute Gasteiger partial charge is 0.417 e. The van der Waals surface area contributed by atoms with Crippen LogP contribution in [-0.4, -0.2) is 28.3 Å². The maximum Gasteiger partial charge on any atom is 0.417 e. The van der Waals surface area contributed by atoms with E-state index in [2.05, 4.69) is 20.8 Å². The predicted octanol–water partition coefficient (Wildman–Crippen LogP) is 5.85. The van der Waals surface area contributed by atoms with Gasteiger partial charge in [-0.05, 0) is 56.3 Å². The van der Waals surface area contributed by atoms with E-state index in [0.717, 1.165) is 48.6 Å². The van der Waals surface area contributed by atoms with E-state index in [-0.39, 0.29) is 30.0 Å². The molecule has 0 amide bonds. The molecule has 0 aliphatic carbocycles. The molecule has 5 nitrogen and oxygen atoms in total. The molecule has 1 saturated heterocycles. The zero-order chi connectivity index (χ0) is 22.1. The first kappa shape index (κ1) is 23.4. The molecule has 9 heteroatoms. The Morgan fingerprint density at radius 1 is 0.939 bits per heavy atom. The second-order valence-corrected chi connectivity index (χ2v) is 7.98. The topological polar surface area (TPSA) is 65.6 Å². The Bertz CT molecular complexity index is 1250. The molecule has 2 aromatic heterocycles. The third-order valence-electron chi connectivity index (χ3n) is 5.84. The average molecular weight is 488 g/mol. The Balaban J connectivity index is 0.00000259. The fourth-order valence-electron chi connectivity index (χ4n) is 4.24. The standard InChI is InChI=1S/C24H22F3N5.V/c25-24(26,27)19-7-3-1-5-17(19)22-14-16(13-21(30-22)15-9-11-28-12-10-15)29-23-18-6-2-4-8-20(18)31-32-23;/h1-8,13-15,28H,9-12H2,(H2,29,30,31,32);. The van der Waals surface area contributed by atoms with Gasteiger partial charge in [-0.2, -0.15) is 18.3 Å². The van der Waals surface area contributed by atoms with Crippen molar-refractivity contribution in [2.75, 3.05) is 18.4 Å². The minimum Gasteiger partial charge on any atom is -0.338 e. The molecular weight excluding hydrogens is 466 g/mol. The van der Waals surface area contributed by atoms with Crippen LogP contribution in [0.15, 0.2) is 60.7 Å².